The number of aromatic amines is 1. The Hall–Kier alpha value is -1.88. The Morgan fingerprint density at radius 2 is 2.00 bits per heavy atom. The van der Waals surface area contributed by atoms with Crippen molar-refractivity contribution in [3.8, 4) is 0 Å². The summed E-state index contributed by atoms with van der Waals surface area (Å²) in [6.45, 7) is 3.96. The summed E-state index contributed by atoms with van der Waals surface area (Å²) >= 11 is 0. The second kappa shape index (κ2) is 3.57. The molecular weight excluding hydrogens is 240 g/mol. The van der Waals surface area contributed by atoms with Gasteiger partial charge in [-0.3, -0.25) is 9.89 Å². The predicted molar refractivity (Wildman–Crippen MR) is 71.9 cm³/mol. The van der Waals surface area contributed by atoms with Gasteiger partial charge in [0.05, 0.1) is 5.52 Å². The second-order valence-electron chi connectivity index (χ2n) is 5.95. The molecule has 0 atom stereocenters. The molecule has 1 aromatic carbocycles. The van der Waals surface area contributed by atoms with Gasteiger partial charge >= 0.3 is 0 Å². The minimum absolute atomic E-state index is 0.0534. The van der Waals surface area contributed by atoms with Crippen molar-refractivity contribution in [1.29, 1.82) is 0 Å². The lowest BCUT2D eigenvalue weighted by Gasteiger charge is -2.59. The van der Waals surface area contributed by atoms with E-state index >= 15 is 0 Å². The molecule has 1 amide bonds. The molecule has 0 saturated carbocycles. The van der Waals surface area contributed by atoms with E-state index in [1.807, 2.05) is 29.2 Å². The average Bonchev–Trinajstić information content (AvgIpc) is 2.75. The van der Waals surface area contributed by atoms with Crippen molar-refractivity contribution >= 4 is 16.8 Å². The van der Waals surface area contributed by atoms with Crippen LogP contribution in [0, 0.1) is 5.41 Å². The number of fused-ring (bicyclic) bond motifs is 1. The molecule has 1 aromatic heterocycles. The monoisotopic (exact) mass is 256 g/mol. The summed E-state index contributed by atoms with van der Waals surface area (Å²) in [7, 11) is 2.12. The third-order valence-electron chi connectivity index (χ3n) is 4.22. The topological polar surface area (TPSA) is 52.2 Å². The lowest BCUT2D eigenvalue weighted by atomic mass is 9.73. The number of carbonyl (C=O) groups excluding carboxylic acids is 1. The van der Waals surface area contributed by atoms with Gasteiger partial charge in [0.15, 0.2) is 5.69 Å². The van der Waals surface area contributed by atoms with Crippen molar-refractivity contribution in [2.24, 2.45) is 5.41 Å². The highest BCUT2D eigenvalue weighted by Gasteiger charge is 2.52. The smallest absolute Gasteiger partial charge is 0.275 e. The summed E-state index contributed by atoms with van der Waals surface area (Å²) < 4.78 is 0. The molecule has 1 N–H and O–H groups in total. The van der Waals surface area contributed by atoms with Gasteiger partial charge in [0, 0.05) is 37.0 Å². The fraction of sp³-hybridized carbons (Fsp3) is 0.429. The zero-order chi connectivity index (χ0) is 13.0. The number of likely N-dealkylation sites (tertiary alicyclic amines) is 2. The summed E-state index contributed by atoms with van der Waals surface area (Å²) in [5.74, 6) is 0.0534. The van der Waals surface area contributed by atoms with E-state index < -0.39 is 0 Å². The Morgan fingerprint density at radius 3 is 2.74 bits per heavy atom. The van der Waals surface area contributed by atoms with Crippen LogP contribution in [0.2, 0.25) is 0 Å². The van der Waals surface area contributed by atoms with Crippen molar-refractivity contribution in [2.45, 2.75) is 0 Å². The molecule has 5 nitrogen and oxygen atoms in total. The Balaban J connectivity index is 1.56. The van der Waals surface area contributed by atoms with Crippen molar-refractivity contribution < 1.29 is 4.79 Å². The van der Waals surface area contributed by atoms with Crippen molar-refractivity contribution in [3.63, 3.8) is 0 Å². The van der Waals surface area contributed by atoms with Crippen LogP contribution < -0.4 is 0 Å². The number of rotatable bonds is 1. The molecule has 0 aliphatic carbocycles. The maximum Gasteiger partial charge on any atom is 0.275 e. The van der Waals surface area contributed by atoms with Crippen LogP contribution in [0.25, 0.3) is 10.9 Å². The van der Waals surface area contributed by atoms with Gasteiger partial charge in [0.2, 0.25) is 0 Å². The number of carbonyl (C=O) groups is 1. The van der Waals surface area contributed by atoms with Gasteiger partial charge in [-0.2, -0.15) is 5.10 Å². The zero-order valence-electron chi connectivity index (χ0n) is 10.9. The SMILES string of the molecule is CN1CC2(C1)CN(C(=O)c1n[nH]c3ccccc13)C2. The van der Waals surface area contributed by atoms with Crippen LogP contribution in [0.4, 0.5) is 0 Å². The largest absolute Gasteiger partial charge is 0.336 e. The summed E-state index contributed by atoms with van der Waals surface area (Å²) in [6.07, 6.45) is 0. The third-order valence-corrected chi connectivity index (χ3v) is 4.22. The van der Waals surface area contributed by atoms with Gasteiger partial charge in [-0.25, -0.2) is 0 Å². The van der Waals surface area contributed by atoms with Crippen molar-refractivity contribution in [3.05, 3.63) is 30.0 Å². The maximum absolute atomic E-state index is 12.4. The van der Waals surface area contributed by atoms with E-state index in [0.29, 0.717) is 11.1 Å². The fourth-order valence-corrected chi connectivity index (χ4v) is 3.48. The van der Waals surface area contributed by atoms with E-state index in [-0.39, 0.29) is 5.91 Å². The number of aromatic nitrogens is 2. The summed E-state index contributed by atoms with van der Waals surface area (Å²) in [6, 6.07) is 7.76. The Kier molecular flexibility index (Phi) is 2.07. The van der Waals surface area contributed by atoms with Gasteiger partial charge < -0.3 is 9.80 Å². The maximum atomic E-state index is 12.4. The Labute approximate surface area is 111 Å². The normalized spacial score (nSPS) is 21.4. The first-order valence-electron chi connectivity index (χ1n) is 6.58. The first-order valence-corrected chi connectivity index (χ1v) is 6.58. The minimum Gasteiger partial charge on any atom is -0.336 e. The summed E-state index contributed by atoms with van der Waals surface area (Å²) in [4.78, 5) is 16.7. The highest BCUT2D eigenvalue weighted by molar-refractivity contribution is 6.04. The van der Waals surface area contributed by atoms with Crippen molar-refractivity contribution in [2.75, 3.05) is 33.2 Å². The molecule has 2 aliphatic rings. The van der Waals surface area contributed by atoms with Crippen LogP contribution in [-0.2, 0) is 0 Å². The Morgan fingerprint density at radius 1 is 1.26 bits per heavy atom. The molecule has 2 fully saturated rings. The quantitative estimate of drug-likeness (QED) is 0.826. The van der Waals surface area contributed by atoms with Gasteiger partial charge in [0.1, 0.15) is 0 Å². The molecule has 19 heavy (non-hydrogen) atoms. The highest BCUT2D eigenvalue weighted by atomic mass is 16.2. The number of H-pyrrole nitrogens is 1. The lowest BCUT2D eigenvalue weighted by Crippen LogP contribution is -2.72. The molecule has 0 unspecified atom stereocenters. The van der Waals surface area contributed by atoms with Crippen LogP contribution in [0.1, 0.15) is 10.5 Å². The molecule has 2 saturated heterocycles. The minimum atomic E-state index is 0.0534. The predicted octanol–water partition coefficient (Wildman–Crippen LogP) is 0.950. The van der Waals surface area contributed by atoms with E-state index in [1.165, 1.54) is 0 Å². The van der Waals surface area contributed by atoms with Crippen LogP contribution >= 0.6 is 0 Å². The number of nitrogens with zero attached hydrogens (tertiary/aromatic N) is 3. The average molecular weight is 256 g/mol. The molecule has 5 heteroatoms. The summed E-state index contributed by atoms with van der Waals surface area (Å²) in [5, 5.41) is 8.02. The number of hydrogen-bond donors (Lipinski definition) is 1. The van der Waals surface area contributed by atoms with Gasteiger partial charge in [-0.05, 0) is 13.1 Å². The molecular formula is C14H16N4O. The summed E-state index contributed by atoms with van der Waals surface area (Å²) in [5.41, 5.74) is 1.85. The number of nitrogens with one attached hydrogen (secondary N) is 1. The number of hydrogen-bond acceptors (Lipinski definition) is 3. The van der Waals surface area contributed by atoms with Gasteiger partial charge in [-0.15, -0.1) is 0 Å². The fourth-order valence-electron chi connectivity index (χ4n) is 3.48. The van der Waals surface area contributed by atoms with E-state index in [1.54, 1.807) is 0 Å². The third kappa shape index (κ3) is 1.51. The molecule has 0 radical (unpaired) electrons. The van der Waals surface area contributed by atoms with E-state index in [2.05, 4.69) is 22.1 Å². The van der Waals surface area contributed by atoms with Crippen LogP contribution in [-0.4, -0.2) is 59.1 Å². The molecule has 2 aromatic rings. The highest BCUT2D eigenvalue weighted by Crippen LogP contribution is 2.39. The first-order chi connectivity index (χ1) is 9.17. The van der Waals surface area contributed by atoms with Gasteiger partial charge in [0.25, 0.3) is 5.91 Å². The Bertz CT molecular complexity index is 648. The molecule has 98 valence electrons. The van der Waals surface area contributed by atoms with E-state index in [4.69, 9.17) is 0 Å². The van der Waals surface area contributed by atoms with E-state index in [9.17, 15) is 4.79 Å². The number of amides is 1. The standard InChI is InChI=1S/C14H16N4O/c1-17-6-14(7-17)8-18(9-14)13(19)12-10-4-2-3-5-11(10)15-16-12/h2-5H,6-9H2,1H3,(H,15,16). The molecule has 4 rings (SSSR count). The first kappa shape index (κ1) is 11.0. The van der Waals surface area contributed by atoms with Crippen LogP contribution in [0.15, 0.2) is 24.3 Å². The van der Waals surface area contributed by atoms with Crippen LogP contribution in [0.3, 0.4) is 0 Å². The zero-order valence-corrected chi connectivity index (χ0v) is 10.9. The number of benzene rings is 1. The van der Waals surface area contributed by atoms with Crippen molar-refractivity contribution in [1.82, 2.24) is 20.0 Å². The molecule has 3 heterocycles. The molecule has 2 aliphatic heterocycles. The lowest BCUT2D eigenvalue weighted by molar-refractivity contribution is -0.0873. The second-order valence-corrected chi connectivity index (χ2v) is 5.95. The number of para-hydroxylation sites is 1. The van der Waals surface area contributed by atoms with Gasteiger partial charge in [-0.1, -0.05) is 18.2 Å². The van der Waals surface area contributed by atoms with E-state index in [0.717, 1.165) is 37.1 Å². The van der Waals surface area contributed by atoms with Crippen LogP contribution in [0.5, 0.6) is 0 Å². The molecule has 0 bridgehead atoms. The molecule has 1 spiro atoms.